The van der Waals surface area contributed by atoms with Gasteiger partial charge in [0.2, 0.25) is 0 Å². The Hall–Kier alpha value is -7.67. The van der Waals surface area contributed by atoms with Crippen LogP contribution in [0.15, 0.2) is 231 Å². The van der Waals surface area contributed by atoms with E-state index in [4.69, 9.17) is 4.74 Å². The minimum atomic E-state index is -2.90. The molecule has 0 amide bonds. The fourth-order valence-corrected chi connectivity index (χ4v) is 15.7. The first-order valence-corrected chi connectivity index (χ1v) is 26.4. The predicted molar refractivity (Wildman–Crippen MR) is 288 cm³/mol. The highest BCUT2D eigenvalue weighted by molar-refractivity contribution is 7.20. The van der Waals surface area contributed by atoms with Crippen molar-refractivity contribution in [2.45, 2.75) is 51.5 Å². The van der Waals surface area contributed by atoms with Gasteiger partial charge in [0.15, 0.2) is 8.07 Å². The van der Waals surface area contributed by atoms with Gasteiger partial charge in [-0.2, -0.15) is 0 Å². The van der Waals surface area contributed by atoms with Crippen LogP contribution in [0.1, 0.15) is 56.2 Å². The molecule has 0 spiro atoms. The third-order valence-corrected chi connectivity index (χ3v) is 19.0. The lowest BCUT2D eigenvalue weighted by molar-refractivity contribution is -0.149. The van der Waals surface area contributed by atoms with E-state index in [0.717, 1.165) is 28.8 Å². The fraction of sp³-hybridized carbons (Fsp3) is 0.159. The molecule has 0 aliphatic rings. The second-order valence-electron chi connectivity index (χ2n) is 18.3. The SMILES string of the molecule is CCC(CC(CC(C)c1ccc([Si](c2ccccc2)(c2ccccc2)c2ccccc2-c2cccnc2)cc1)n1c2ccccc2c2ccccc21)C(=O)OCCc1cccc(-c2ccccn2)c1. The first-order chi connectivity index (χ1) is 34.0. The second-order valence-corrected chi connectivity index (χ2v) is 22.0. The second kappa shape index (κ2) is 20.7. The Balaban J connectivity index is 0.987. The van der Waals surface area contributed by atoms with Crippen molar-refractivity contribution in [2.75, 3.05) is 6.61 Å². The molecule has 0 fully saturated rings. The number of hydrogen-bond donors (Lipinski definition) is 0. The van der Waals surface area contributed by atoms with E-state index in [1.807, 2.05) is 42.9 Å². The van der Waals surface area contributed by atoms with Gasteiger partial charge in [0.25, 0.3) is 0 Å². The molecule has 0 saturated carbocycles. The van der Waals surface area contributed by atoms with Crippen molar-refractivity contribution in [3.05, 3.63) is 242 Å². The lowest BCUT2D eigenvalue weighted by Gasteiger charge is -2.36. The van der Waals surface area contributed by atoms with E-state index in [1.54, 1.807) is 0 Å². The topological polar surface area (TPSA) is 57.0 Å². The number of nitrogens with zero attached hydrogens (tertiary/aromatic N) is 3. The van der Waals surface area contributed by atoms with Gasteiger partial charge in [0, 0.05) is 58.4 Å². The highest BCUT2D eigenvalue weighted by Crippen LogP contribution is 2.39. The molecule has 0 saturated heterocycles. The molecule has 340 valence electrons. The third kappa shape index (κ3) is 9.20. The van der Waals surface area contributed by atoms with Crippen molar-refractivity contribution in [1.29, 1.82) is 0 Å². The average molecular weight is 916 g/mol. The summed E-state index contributed by atoms with van der Waals surface area (Å²) in [4.78, 5) is 23.3. The molecule has 3 atom stereocenters. The Morgan fingerprint density at radius 3 is 1.87 bits per heavy atom. The Morgan fingerprint density at radius 1 is 0.594 bits per heavy atom. The van der Waals surface area contributed by atoms with Crippen molar-refractivity contribution in [1.82, 2.24) is 14.5 Å². The summed E-state index contributed by atoms with van der Waals surface area (Å²) in [5, 5.41) is 7.77. The van der Waals surface area contributed by atoms with Crippen LogP contribution in [0, 0.1) is 5.92 Å². The Labute approximate surface area is 407 Å². The molecule has 6 heteroatoms. The van der Waals surface area contributed by atoms with E-state index in [1.165, 1.54) is 53.7 Å². The molecule has 69 heavy (non-hydrogen) atoms. The molecule has 3 unspecified atom stereocenters. The Morgan fingerprint density at radius 2 is 1.22 bits per heavy atom. The van der Waals surface area contributed by atoms with Gasteiger partial charge in [0.05, 0.1) is 18.2 Å². The van der Waals surface area contributed by atoms with E-state index in [0.29, 0.717) is 25.9 Å². The number of esters is 1. The summed E-state index contributed by atoms with van der Waals surface area (Å²) in [6, 6.07) is 76.7. The number of ether oxygens (including phenoxy) is 1. The average Bonchev–Trinajstić information content (AvgIpc) is 3.76. The van der Waals surface area contributed by atoms with Crippen molar-refractivity contribution in [3.8, 4) is 22.4 Å². The highest BCUT2D eigenvalue weighted by Gasteiger charge is 2.43. The Kier molecular flexibility index (Phi) is 13.5. The number of hydrogen-bond acceptors (Lipinski definition) is 4. The van der Waals surface area contributed by atoms with Crippen LogP contribution in [0.25, 0.3) is 44.2 Å². The van der Waals surface area contributed by atoms with Crippen molar-refractivity contribution >= 4 is 56.6 Å². The van der Waals surface area contributed by atoms with Crippen LogP contribution in [-0.4, -0.2) is 35.2 Å². The van der Waals surface area contributed by atoms with Crippen molar-refractivity contribution in [3.63, 3.8) is 0 Å². The van der Waals surface area contributed by atoms with Crippen LogP contribution in [0.5, 0.6) is 0 Å². The van der Waals surface area contributed by atoms with Crippen LogP contribution in [0.4, 0.5) is 0 Å². The standard InChI is InChI=1S/C63H57N3O2Si/c1-3-48(63(67)68-41-38-47-20-18-21-50(43-47)59-30-16-17-40-65-59)44-52(66-60-31-13-10-28-57(60)58-29-11-14-32-61(58)66)42-46(2)49-34-36-55(37-35-49)69(53-23-6-4-7-24-53,54-25-8-5-9-26-54)62-33-15-12-27-56(62)51-22-19-39-64-45-51/h4-37,39-40,43,45-46,48,52H,3,38,41-42,44H2,1-2H3. The number of benzene rings is 7. The summed E-state index contributed by atoms with van der Waals surface area (Å²) < 4.78 is 8.68. The summed E-state index contributed by atoms with van der Waals surface area (Å²) in [5.41, 5.74) is 9.08. The molecule has 3 heterocycles. The van der Waals surface area contributed by atoms with Crippen LogP contribution >= 0.6 is 0 Å². The van der Waals surface area contributed by atoms with Crippen molar-refractivity contribution < 1.29 is 9.53 Å². The maximum Gasteiger partial charge on any atom is 0.309 e. The maximum absolute atomic E-state index is 14.2. The lowest BCUT2D eigenvalue weighted by Crippen LogP contribution is -2.75. The fourth-order valence-electron chi connectivity index (χ4n) is 10.8. The molecule has 0 N–H and O–H groups in total. The molecule has 10 rings (SSSR count). The zero-order valence-corrected chi connectivity index (χ0v) is 40.4. The lowest BCUT2D eigenvalue weighted by atomic mass is 9.88. The molecule has 7 aromatic carbocycles. The molecule has 5 nitrogen and oxygen atoms in total. The summed E-state index contributed by atoms with van der Waals surface area (Å²) in [6.45, 7) is 4.80. The number of pyridine rings is 2. The van der Waals surface area contributed by atoms with Gasteiger partial charge in [-0.15, -0.1) is 0 Å². The van der Waals surface area contributed by atoms with Gasteiger partial charge < -0.3 is 9.30 Å². The molecule has 10 aromatic rings. The van der Waals surface area contributed by atoms with Gasteiger partial charge in [-0.1, -0.05) is 190 Å². The summed E-state index contributed by atoms with van der Waals surface area (Å²) in [6.07, 6.45) is 8.48. The quantitative estimate of drug-likeness (QED) is 0.0519. The molecular formula is C63H57N3O2Si. The number of aromatic nitrogens is 3. The van der Waals surface area contributed by atoms with Gasteiger partial charge in [-0.25, -0.2) is 0 Å². The van der Waals surface area contributed by atoms with E-state index in [9.17, 15) is 4.79 Å². The maximum atomic E-state index is 14.2. The van der Waals surface area contributed by atoms with E-state index in [-0.39, 0.29) is 23.8 Å². The highest BCUT2D eigenvalue weighted by atomic mass is 28.3. The largest absolute Gasteiger partial charge is 0.465 e. The van der Waals surface area contributed by atoms with E-state index >= 15 is 0 Å². The molecule has 0 bridgehead atoms. The van der Waals surface area contributed by atoms with Crippen LogP contribution < -0.4 is 20.7 Å². The smallest absolute Gasteiger partial charge is 0.309 e. The molecular weight excluding hydrogens is 859 g/mol. The molecule has 0 aliphatic heterocycles. The van der Waals surface area contributed by atoms with Gasteiger partial charge >= 0.3 is 5.97 Å². The van der Waals surface area contributed by atoms with Crippen LogP contribution in [0.2, 0.25) is 0 Å². The van der Waals surface area contributed by atoms with Crippen LogP contribution in [-0.2, 0) is 16.0 Å². The minimum Gasteiger partial charge on any atom is -0.465 e. The van der Waals surface area contributed by atoms with E-state index in [2.05, 4.69) is 216 Å². The normalized spacial score (nSPS) is 13.0. The molecule has 0 aliphatic carbocycles. The minimum absolute atomic E-state index is 0.0190. The first kappa shape index (κ1) is 45.1. The number of para-hydroxylation sites is 2. The summed E-state index contributed by atoms with van der Waals surface area (Å²) in [7, 11) is -2.90. The van der Waals surface area contributed by atoms with Crippen LogP contribution in [0.3, 0.4) is 0 Å². The van der Waals surface area contributed by atoms with Gasteiger partial charge in [0.1, 0.15) is 0 Å². The van der Waals surface area contributed by atoms with Crippen molar-refractivity contribution in [2.24, 2.45) is 5.92 Å². The monoisotopic (exact) mass is 915 g/mol. The van der Waals surface area contributed by atoms with Gasteiger partial charge in [-0.05, 0) is 105 Å². The first-order valence-electron chi connectivity index (χ1n) is 24.4. The zero-order chi connectivity index (χ0) is 47.0. The number of fused-ring (bicyclic) bond motifs is 3. The summed E-state index contributed by atoms with van der Waals surface area (Å²) >= 11 is 0. The Bertz CT molecular complexity index is 3190. The van der Waals surface area contributed by atoms with Gasteiger partial charge in [-0.3, -0.25) is 14.8 Å². The summed E-state index contributed by atoms with van der Waals surface area (Å²) in [5.74, 6) is -0.223. The molecule has 0 radical (unpaired) electrons. The number of carbonyl (C=O) groups is 1. The molecule has 3 aromatic heterocycles. The zero-order valence-electron chi connectivity index (χ0n) is 39.4. The third-order valence-electron chi connectivity index (χ3n) is 14.1. The number of rotatable bonds is 17. The predicted octanol–water partition coefficient (Wildman–Crippen LogP) is 12.2. The van der Waals surface area contributed by atoms with E-state index < -0.39 is 8.07 Å². The number of carbonyl (C=O) groups excluding carboxylic acids is 1.